The summed E-state index contributed by atoms with van der Waals surface area (Å²) in [6.45, 7) is 0. The molecule has 0 heterocycles. The minimum atomic E-state index is 0.773. The van der Waals surface area contributed by atoms with E-state index in [4.69, 9.17) is 9.47 Å². The number of ether oxygens (including phenoxy) is 2. The zero-order valence-electron chi connectivity index (χ0n) is 12.3. The fourth-order valence-electron chi connectivity index (χ4n) is 2.16. The number of benzene rings is 2. The molecule has 0 spiro atoms. The minimum Gasteiger partial charge on any atom is -0.493 e. The van der Waals surface area contributed by atoms with Gasteiger partial charge in [-0.05, 0) is 48.2 Å². The molecule has 0 saturated carbocycles. The molecule has 0 aliphatic rings. The van der Waals surface area contributed by atoms with Crippen LogP contribution < -0.4 is 14.8 Å². The highest BCUT2D eigenvalue weighted by molar-refractivity contribution is 5.45. The van der Waals surface area contributed by atoms with Crippen LogP contribution in [-0.4, -0.2) is 21.3 Å². The molecule has 1 N–H and O–H groups in total. The Bertz CT molecular complexity index is 549. The molecule has 3 heteroatoms. The van der Waals surface area contributed by atoms with Crippen LogP contribution >= 0.6 is 0 Å². The Morgan fingerprint density at radius 2 is 1.40 bits per heavy atom. The van der Waals surface area contributed by atoms with E-state index in [1.54, 1.807) is 14.2 Å². The quantitative estimate of drug-likeness (QED) is 0.872. The van der Waals surface area contributed by atoms with Gasteiger partial charge in [-0.2, -0.15) is 0 Å². The normalized spacial score (nSPS) is 10.2. The van der Waals surface area contributed by atoms with Crippen LogP contribution in [0.3, 0.4) is 0 Å². The van der Waals surface area contributed by atoms with Gasteiger partial charge in [-0.25, -0.2) is 0 Å². The van der Waals surface area contributed by atoms with E-state index in [1.807, 2.05) is 19.2 Å². The molecule has 2 aromatic carbocycles. The van der Waals surface area contributed by atoms with Crippen molar-refractivity contribution in [3.63, 3.8) is 0 Å². The number of hydrogen-bond donors (Lipinski definition) is 1. The van der Waals surface area contributed by atoms with Crippen molar-refractivity contribution in [2.75, 3.05) is 26.6 Å². The maximum Gasteiger partial charge on any atom is 0.160 e. The summed E-state index contributed by atoms with van der Waals surface area (Å²) >= 11 is 0. The lowest BCUT2D eigenvalue weighted by atomic mass is 10.0. The zero-order chi connectivity index (χ0) is 14.4. The number of rotatable bonds is 6. The second kappa shape index (κ2) is 6.85. The van der Waals surface area contributed by atoms with E-state index in [0.717, 1.165) is 30.0 Å². The number of anilines is 1. The van der Waals surface area contributed by atoms with Crippen molar-refractivity contribution in [2.45, 2.75) is 12.8 Å². The van der Waals surface area contributed by atoms with Gasteiger partial charge in [-0.3, -0.25) is 0 Å². The number of nitrogens with one attached hydrogen (secondary N) is 1. The SMILES string of the molecule is CNc1ccc(CCc2ccc(OC)c(OC)c2)cc1. The molecule has 0 atom stereocenters. The molecule has 0 aliphatic heterocycles. The van der Waals surface area contributed by atoms with Gasteiger partial charge >= 0.3 is 0 Å². The maximum absolute atomic E-state index is 5.33. The van der Waals surface area contributed by atoms with Gasteiger partial charge in [0, 0.05) is 12.7 Å². The van der Waals surface area contributed by atoms with Gasteiger partial charge in [0.25, 0.3) is 0 Å². The molecule has 0 fully saturated rings. The summed E-state index contributed by atoms with van der Waals surface area (Å²) in [7, 11) is 5.25. The van der Waals surface area contributed by atoms with Crippen LogP contribution in [0.1, 0.15) is 11.1 Å². The molecule has 3 nitrogen and oxygen atoms in total. The minimum absolute atomic E-state index is 0.773. The van der Waals surface area contributed by atoms with Gasteiger partial charge in [0.1, 0.15) is 0 Å². The summed E-state index contributed by atoms with van der Waals surface area (Å²) in [6, 6.07) is 14.6. The van der Waals surface area contributed by atoms with Crippen molar-refractivity contribution in [3.05, 3.63) is 53.6 Å². The van der Waals surface area contributed by atoms with Crippen LogP contribution in [0.25, 0.3) is 0 Å². The first-order valence-corrected chi connectivity index (χ1v) is 6.74. The molecule has 2 aromatic rings. The van der Waals surface area contributed by atoms with E-state index in [-0.39, 0.29) is 0 Å². The fraction of sp³-hybridized carbons (Fsp3) is 0.294. The van der Waals surface area contributed by atoms with Crippen LogP contribution in [0.4, 0.5) is 5.69 Å². The van der Waals surface area contributed by atoms with Crippen molar-refractivity contribution in [1.29, 1.82) is 0 Å². The smallest absolute Gasteiger partial charge is 0.160 e. The Hall–Kier alpha value is -2.16. The molecule has 0 amide bonds. The van der Waals surface area contributed by atoms with Crippen molar-refractivity contribution in [2.24, 2.45) is 0 Å². The summed E-state index contributed by atoms with van der Waals surface area (Å²) in [6.07, 6.45) is 2.00. The maximum atomic E-state index is 5.33. The summed E-state index contributed by atoms with van der Waals surface area (Å²) in [5.41, 5.74) is 3.72. The predicted molar refractivity (Wildman–Crippen MR) is 82.9 cm³/mol. The van der Waals surface area contributed by atoms with E-state index in [2.05, 4.69) is 35.6 Å². The molecular weight excluding hydrogens is 250 g/mol. The molecule has 0 radical (unpaired) electrons. The van der Waals surface area contributed by atoms with Crippen LogP contribution in [0.2, 0.25) is 0 Å². The molecule has 0 aromatic heterocycles. The Balaban J connectivity index is 2.02. The summed E-state index contributed by atoms with van der Waals surface area (Å²) < 4.78 is 10.6. The summed E-state index contributed by atoms with van der Waals surface area (Å²) in [5, 5.41) is 3.13. The topological polar surface area (TPSA) is 30.5 Å². The molecule has 20 heavy (non-hydrogen) atoms. The Morgan fingerprint density at radius 1 is 0.800 bits per heavy atom. The van der Waals surface area contributed by atoms with Gasteiger partial charge < -0.3 is 14.8 Å². The van der Waals surface area contributed by atoms with Crippen LogP contribution in [0.5, 0.6) is 11.5 Å². The lowest BCUT2D eigenvalue weighted by molar-refractivity contribution is 0.354. The Morgan fingerprint density at radius 3 is 2.00 bits per heavy atom. The molecular formula is C17H21NO2. The van der Waals surface area contributed by atoms with Crippen LogP contribution in [0.15, 0.2) is 42.5 Å². The van der Waals surface area contributed by atoms with Crippen LogP contribution in [0, 0.1) is 0 Å². The monoisotopic (exact) mass is 271 g/mol. The Kier molecular flexibility index (Phi) is 4.88. The lowest BCUT2D eigenvalue weighted by Gasteiger charge is -2.10. The third kappa shape index (κ3) is 3.44. The lowest BCUT2D eigenvalue weighted by Crippen LogP contribution is -1.95. The van der Waals surface area contributed by atoms with Crippen molar-refractivity contribution >= 4 is 5.69 Å². The summed E-state index contributed by atoms with van der Waals surface area (Å²) in [4.78, 5) is 0. The average Bonchev–Trinajstić information content (AvgIpc) is 2.53. The molecule has 2 rings (SSSR count). The van der Waals surface area contributed by atoms with Gasteiger partial charge in [0.15, 0.2) is 11.5 Å². The Labute approximate surface area is 120 Å². The second-order valence-corrected chi connectivity index (χ2v) is 4.64. The first-order chi connectivity index (χ1) is 9.76. The van der Waals surface area contributed by atoms with Crippen molar-refractivity contribution in [1.82, 2.24) is 0 Å². The second-order valence-electron chi connectivity index (χ2n) is 4.64. The molecule has 0 bridgehead atoms. The third-order valence-electron chi connectivity index (χ3n) is 3.39. The highest BCUT2D eigenvalue weighted by Crippen LogP contribution is 2.28. The number of hydrogen-bond acceptors (Lipinski definition) is 3. The van der Waals surface area contributed by atoms with E-state index >= 15 is 0 Å². The van der Waals surface area contributed by atoms with Gasteiger partial charge in [-0.15, -0.1) is 0 Å². The van der Waals surface area contributed by atoms with E-state index in [9.17, 15) is 0 Å². The largest absolute Gasteiger partial charge is 0.493 e. The molecule has 106 valence electrons. The third-order valence-corrected chi connectivity index (χ3v) is 3.39. The van der Waals surface area contributed by atoms with Crippen molar-refractivity contribution < 1.29 is 9.47 Å². The molecule has 0 aliphatic carbocycles. The van der Waals surface area contributed by atoms with Crippen LogP contribution in [-0.2, 0) is 12.8 Å². The number of methoxy groups -OCH3 is 2. The van der Waals surface area contributed by atoms with Crippen molar-refractivity contribution in [3.8, 4) is 11.5 Å². The van der Waals surface area contributed by atoms with E-state index in [1.165, 1.54) is 11.1 Å². The van der Waals surface area contributed by atoms with Gasteiger partial charge in [0.05, 0.1) is 14.2 Å². The molecule has 0 unspecified atom stereocenters. The first-order valence-electron chi connectivity index (χ1n) is 6.74. The summed E-state index contributed by atoms with van der Waals surface area (Å²) in [5.74, 6) is 1.56. The highest BCUT2D eigenvalue weighted by atomic mass is 16.5. The van der Waals surface area contributed by atoms with E-state index in [0.29, 0.717) is 0 Å². The highest BCUT2D eigenvalue weighted by Gasteiger charge is 2.04. The zero-order valence-corrected chi connectivity index (χ0v) is 12.3. The average molecular weight is 271 g/mol. The molecule has 0 saturated heterocycles. The standard InChI is InChI=1S/C17H21NO2/c1-18-15-9-6-13(7-10-15)4-5-14-8-11-16(19-2)17(12-14)20-3/h6-12,18H,4-5H2,1-3H3. The number of aryl methyl sites for hydroxylation is 2. The van der Waals surface area contributed by atoms with E-state index < -0.39 is 0 Å². The fourth-order valence-corrected chi connectivity index (χ4v) is 2.16. The predicted octanol–water partition coefficient (Wildman–Crippen LogP) is 3.53. The first kappa shape index (κ1) is 14.3. The van der Waals surface area contributed by atoms with Gasteiger partial charge in [0.2, 0.25) is 0 Å². The van der Waals surface area contributed by atoms with Gasteiger partial charge in [-0.1, -0.05) is 18.2 Å².